The summed E-state index contributed by atoms with van der Waals surface area (Å²) in [7, 11) is 0. The molecule has 2 amide bonds. The molecule has 2 aromatic rings. The molecular weight excluding hydrogens is 308 g/mol. The van der Waals surface area contributed by atoms with Crippen molar-refractivity contribution in [2.24, 2.45) is 0 Å². The molecule has 1 aromatic carbocycles. The molecule has 3 rings (SSSR count). The number of anilines is 1. The molecule has 0 bridgehead atoms. The lowest BCUT2D eigenvalue weighted by atomic mass is 10.2. The number of nitrogens with one attached hydrogen (secondary N) is 1. The van der Waals surface area contributed by atoms with Gasteiger partial charge in [0.25, 0.3) is 5.91 Å². The predicted molar refractivity (Wildman–Crippen MR) is 93.1 cm³/mol. The van der Waals surface area contributed by atoms with E-state index >= 15 is 0 Å². The number of nitrogens with zero attached hydrogens (tertiary/aromatic N) is 1. The second kappa shape index (κ2) is 6.96. The number of para-hydroxylation sites is 1. The van der Waals surface area contributed by atoms with Gasteiger partial charge in [-0.3, -0.25) is 9.59 Å². The lowest BCUT2D eigenvalue weighted by Gasteiger charge is -2.17. The van der Waals surface area contributed by atoms with Gasteiger partial charge < -0.3 is 10.2 Å². The van der Waals surface area contributed by atoms with Gasteiger partial charge >= 0.3 is 0 Å². The standard InChI is InChI=1S/C18H20N2O2S/c1-13-9-12-23-17(13)18(22)19-10-4-7-16(21)20-11-8-14-5-2-3-6-15(14)20/h2-3,5-6,9,12H,4,7-8,10-11H2,1H3,(H,19,22). The molecule has 0 atom stereocenters. The van der Waals surface area contributed by atoms with E-state index in [1.807, 2.05) is 41.5 Å². The molecule has 1 N–H and O–H groups in total. The van der Waals surface area contributed by atoms with E-state index in [2.05, 4.69) is 11.4 Å². The van der Waals surface area contributed by atoms with E-state index < -0.39 is 0 Å². The number of carbonyl (C=O) groups is 2. The van der Waals surface area contributed by atoms with Crippen molar-refractivity contribution in [2.75, 3.05) is 18.0 Å². The predicted octanol–water partition coefficient (Wildman–Crippen LogP) is 3.16. The van der Waals surface area contributed by atoms with Crippen LogP contribution in [-0.4, -0.2) is 24.9 Å². The van der Waals surface area contributed by atoms with Gasteiger partial charge in [-0.2, -0.15) is 0 Å². The van der Waals surface area contributed by atoms with Gasteiger partial charge in [-0.25, -0.2) is 0 Å². The molecule has 0 unspecified atom stereocenters. The van der Waals surface area contributed by atoms with Crippen molar-refractivity contribution in [3.05, 3.63) is 51.7 Å². The minimum atomic E-state index is -0.0449. The van der Waals surface area contributed by atoms with E-state index in [4.69, 9.17) is 0 Å². The number of benzene rings is 1. The van der Waals surface area contributed by atoms with Crippen LogP contribution in [0.2, 0.25) is 0 Å². The first-order valence-electron chi connectivity index (χ1n) is 7.87. The van der Waals surface area contributed by atoms with Crippen LogP contribution in [0.4, 0.5) is 5.69 Å². The lowest BCUT2D eigenvalue weighted by molar-refractivity contribution is -0.118. The molecule has 0 saturated heterocycles. The Labute approximate surface area is 140 Å². The number of hydrogen-bond acceptors (Lipinski definition) is 3. The minimum absolute atomic E-state index is 0.0449. The maximum absolute atomic E-state index is 12.4. The summed E-state index contributed by atoms with van der Waals surface area (Å²) in [5.74, 6) is 0.0907. The van der Waals surface area contributed by atoms with Crippen LogP contribution in [0.3, 0.4) is 0 Å². The first-order chi connectivity index (χ1) is 11.2. The van der Waals surface area contributed by atoms with Crippen molar-refractivity contribution < 1.29 is 9.59 Å². The highest BCUT2D eigenvalue weighted by Gasteiger charge is 2.23. The van der Waals surface area contributed by atoms with Crippen LogP contribution in [0.5, 0.6) is 0 Å². The van der Waals surface area contributed by atoms with Crippen molar-refractivity contribution in [1.29, 1.82) is 0 Å². The fourth-order valence-corrected chi connectivity index (χ4v) is 3.70. The zero-order chi connectivity index (χ0) is 16.2. The number of aryl methyl sites for hydroxylation is 1. The number of fused-ring (bicyclic) bond motifs is 1. The Balaban J connectivity index is 1.46. The number of thiophene rings is 1. The van der Waals surface area contributed by atoms with E-state index in [0.29, 0.717) is 19.4 Å². The second-order valence-electron chi connectivity index (χ2n) is 5.72. The maximum atomic E-state index is 12.4. The molecule has 0 radical (unpaired) electrons. The molecule has 23 heavy (non-hydrogen) atoms. The maximum Gasteiger partial charge on any atom is 0.261 e. The summed E-state index contributed by atoms with van der Waals surface area (Å²) in [6.07, 6.45) is 2.04. The van der Waals surface area contributed by atoms with Crippen LogP contribution in [0.1, 0.15) is 33.6 Å². The van der Waals surface area contributed by atoms with Gasteiger partial charge in [0, 0.05) is 25.2 Å². The number of hydrogen-bond donors (Lipinski definition) is 1. The molecule has 0 saturated carbocycles. The van der Waals surface area contributed by atoms with Crippen molar-refractivity contribution >= 4 is 28.8 Å². The average Bonchev–Trinajstić information content (AvgIpc) is 3.17. The summed E-state index contributed by atoms with van der Waals surface area (Å²) < 4.78 is 0. The molecule has 5 heteroatoms. The third kappa shape index (κ3) is 3.45. The Morgan fingerprint density at radius 1 is 1.26 bits per heavy atom. The molecule has 0 aliphatic carbocycles. The number of rotatable bonds is 5. The Hall–Kier alpha value is -2.14. The summed E-state index contributed by atoms with van der Waals surface area (Å²) in [6, 6.07) is 9.99. The molecule has 0 fully saturated rings. The molecular formula is C18H20N2O2S. The third-order valence-corrected chi connectivity index (χ3v) is 5.12. The first kappa shape index (κ1) is 15.7. The van der Waals surface area contributed by atoms with E-state index in [1.54, 1.807) is 0 Å². The first-order valence-corrected chi connectivity index (χ1v) is 8.75. The Kier molecular flexibility index (Phi) is 4.76. The SMILES string of the molecule is Cc1ccsc1C(=O)NCCCC(=O)N1CCc2ccccc21. The number of carbonyl (C=O) groups excluding carboxylic acids is 2. The van der Waals surface area contributed by atoms with Gasteiger partial charge in [0.05, 0.1) is 4.88 Å². The summed E-state index contributed by atoms with van der Waals surface area (Å²) in [5.41, 5.74) is 3.27. The van der Waals surface area contributed by atoms with Gasteiger partial charge in [0.2, 0.25) is 5.91 Å². The Morgan fingerprint density at radius 2 is 2.09 bits per heavy atom. The van der Waals surface area contributed by atoms with Crippen molar-refractivity contribution in [2.45, 2.75) is 26.2 Å². The van der Waals surface area contributed by atoms with Gasteiger partial charge in [-0.1, -0.05) is 18.2 Å². The smallest absolute Gasteiger partial charge is 0.261 e. The average molecular weight is 328 g/mol. The van der Waals surface area contributed by atoms with E-state index in [1.165, 1.54) is 16.9 Å². The summed E-state index contributed by atoms with van der Waals surface area (Å²) in [5, 5.41) is 4.81. The second-order valence-corrected chi connectivity index (χ2v) is 6.63. The molecule has 120 valence electrons. The molecule has 4 nitrogen and oxygen atoms in total. The van der Waals surface area contributed by atoms with Crippen LogP contribution in [-0.2, 0) is 11.2 Å². The topological polar surface area (TPSA) is 49.4 Å². The van der Waals surface area contributed by atoms with E-state index in [0.717, 1.165) is 29.1 Å². The van der Waals surface area contributed by atoms with Crippen molar-refractivity contribution in [3.63, 3.8) is 0 Å². The highest BCUT2D eigenvalue weighted by Crippen LogP contribution is 2.28. The van der Waals surface area contributed by atoms with Crippen molar-refractivity contribution in [1.82, 2.24) is 5.32 Å². The molecule has 1 aliphatic heterocycles. The molecule has 2 heterocycles. The summed E-state index contributed by atoms with van der Waals surface area (Å²) in [6.45, 7) is 3.22. The zero-order valence-electron chi connectivity index (χ0n) is 13.2. The highest BCUT2D eigenvalue weighted by atomic mass is 32.1. The minimum Gasteiger partial charge on any atom is -0.351 e. The molecule has 1 aromatic heterocycles. The van der Waals surface area contributed by atoms with Gasteiger partial charge in [-0.05, 0) is 48.4 Å². The quantitative estimate of drug-likeness (QED) is 0.857. The Bertz CT molecular complexity index is 723. The fourth-order valence-electron chi connectivity index (χ4n) is 2.86. The zero-order valence-corrected chi connectivity index (χ0v) is 14.0. The largest absolute Gasteiger partial charge is 0.351 e. The van der Waals surface area contributed by atoms with Crippen LogP contribution < -0.4 is 10.2 Å². The normalized spacial score (nSPS) is 13.0. The summed E-state index contributed by atoms with van der Waals surface area (Å²) in [4.78, 5) is 27.0. The fraction of sp³-hybridized carbons (Fsp3) is 0.333. The van der Waals surface area contributed by atoms with Crippen LogP contribution in [0, 0.1) is 6.92 Å². The summed E-state index contributed by atoms with van der Waals surface area (Å²) >= 11 is 1.45. The van der Waals surface area contributed by atoms with Crippen LogP contribution >= 0.6 is 11.3 Å². The van der Waals surface area contributed by atoms with Crippen LogP contribution in [0.25, 0.3) is 0 Å². The molecule has 1 aliphatic rings. The monoisotopic (exact) mass is 328 g/mol. The van der Waals surface area contributed by atoms with Crippen LogP contribution in [0.15, 0.2) is 35.7 Å². The van der Waals surface area contributed by atoms with Gasteiger partial charge in [0.1, 0.15) is 0 Å². The Morgan fingerprint density at radius 3 is 2.87 bits per heavy atom. The van der Waals surface area contributed by atoms with Crippen molar-refractivity contribution in [3.8, 4) is 0 Å². The highest BCUT2D eigenvalue weighted by molar-refractivity contribution is 7.12. The van der Waals surface area contributed by atoms with Gasteiger partial charge in [-0.15, -0.1) is 11.3 Å². The molecule has 0 spiro atoms. The lowest BCUT2D eigenvalue weighted by Crippen LogP contribution is -2.30. The van der Waals surface area contributed by atoms with Gasteiger partial charge in [0.15, 0.2) is 0 Å². The third-order valence-electron chi connectivity index (χ3n) is 4.11. The van der Waals surface area contributed by atoms with E-state index in [9.17, 15) is 9.59 Å². The van der Waals surface area contributed by atoms with E-state index in [-0.39, 0.29) is 11.8 Å². The number of amides is 2.